The summed E-state index contributed by atoms with van der Waals surface area (Å²) in [7, 11) is 1.55. The van der Waals surface area contributed by atoms with Crippen molar-refractivity contribution in [2.24, 2.45) is 0 Å². The van der Waals surface area contributed by atoms with Gasteiger partial charge in [-0.15, -0.1) is 0 Å². The van der Waals surface area contributed by atoms with Gasteiger partial charge in [-0.2, -0.15) is 5.26 Å². The number of ether oxygens (including phenoxy) is 2. The lowest BCUT2D eigenvalue weighted by molar-refractivity contribution is -0.112. The third-order valence-corrected chi connectivity index (χ3v) is 4.75. The summed E-state index contributed by atoms with van der Waals surface area (Å²) in [5.74, 6) is 0.730. The second-order valence-corrected chi connectivity index (χ2v) is 7.20. The van der Waals surface area contributed by atoms with Crippen molar-refractivity contribution < 1.29 is 19.4 Å². The summed E-state index contributed by atoms with van der Waals surface area (Å²) < 4.78 is 12.2. The Morgan fingerprint density at radius 3 is 2.61 bits per heavy atom. The number of phenolic OH excluding ortho intramolecular Hbond substituents is 1. The Morgan fingerprint density at radius 1 is 1.36 bits per heavy atom. The number of hydrogen-bond acceptors (Lipinski definition) is 5. The number of benzene rings is 2. The molecular formula is C21H21IN2O4. The average Bonchev–Trinajstić information content (AvgIpc) is 2.69. The van der Waals surface area contributed by atoms with Gasteiger partial charge < -0.3 is 19.9 Å². The van der Waals surface area contributed by atoms with Crippen LogP contribution in [0.15, 0.2) is 42.0 Å². The third-order valence-electron chi connectivity index (χ3n) is 3.95. The first-order chi connectivity index (χ1) is 13.4. The molecule has 0 fully saturated rings. The van der Waals surface area contributed by atoms with Crippen molar-refractivity contribution in [2.75, 3.05) is 12.4 Å². The van der Waals surface area contributed by atoms with Gasteiger partial charge in [-0.25, -0.2) is 0 Å². The number of rotatable bonds is 7. The van der Waals surface area contributed by atoms with Crippen LogP contribution in [-0.4, -0.2) is 24.2 Å². The zero-order valence-electron chi connectivity index (χ0n) is 15.8. The van der Waals surface area contributed by atoms with E-state index in [0.29, 0.717) is 22.7 Å². The standard InChI is InChI=1S/C21H21IN2O4/c1-4-13(2)28-20-18(22)10-14(11-19(20)27-3)9-15(12-23)21(26)24-16-5-7-17(25)8-6-16/h5-11,13,25H,4H2,1-3H3,(H,24,26)/b15-9-/t13-/m1/s1. The lowest BCUT2D eigenvalue weighted by Crippen LogP contribution is -2.13. The quantitative estimate of drug-likeness (QED) is 0.253. The van der Waals surface area contributed by atoms with Crippen LogP contribution >= 0.6 is 22.6 Å². The SMILES string of the molecule is CC[C@@H](C)Oc1c(I)cc(/C=C(/C#N)C(=O)Nc2ccc(O)cc2)cc1OC. The fourth-order valence-corrected chi connectivity index (χ4v) is 3.03. The molecule has 0 saturated carbocycles. The maximum atomic E-state index is 12.4. The van der Waals surface area contributed by atoms with Crippen molar-refractivity contribution in [1.29, 1.82) is 5.26 Å². The van der Waals surface area contributed by atoms with E-state index in [2.05, 4.69) is 27.9 Å². The minimum atomic E-state index is -0.540. The van der Waals surface area contributed by atoms with E-state index in [0.717, 1.165) is 9.99 Å². The second kappa shape index (κ2) is 9.99. The number of nitrogens with zero attached hydrogens (tertiary/aromatic N) is 1. The Labute approximate surface area is 177 Å². The van der Waals surface area contributed by atoms with Crippen LogP contribution in [-0.2, 0) is 4.79 Å². The highest BCUT2D eigenvalue weighted by Gasteiger charge is 2.15. The molecule has 2 aromatic carbocycles. The molecule has 146 valence electrons. The van der Waals surface area contributed by atoms with Gasteiger partial charge in [0.2, 0.25) is 0 Å². The topological polar surface area (TPSA) is 91.6 Å². The molecule has 1 amide bonds. The van der Waals surface area contributed by atoms with Crippen molar-refractivity contribution in [3.05, 3.63) is 51.1 Å². The van der Waals surface area contributed by atoms with E-state index in [9.17, 15) is 15.2 Å². The van der Waals surface area contributed by atoms with Crippen LogP contribution in [0.3, 0.4) is 0 Å². The van der Waals surface area contributed by atoms with Gasteiger partial charge in [-0.3, -0.25) is 4.79 Å². The molecule has 0 spiro atoms. The smallest absolute Gasteiger partial charge is 0.266 e. The van der Waals surface area contributed by atoms with Crippen LogP contribution < -0.4 is 14.8 Å². The van der Waals surface area contributed by atoms with Crippen LogP contribution in [0.4, 0.5) is 5.69 Å². The number of carbonyl (C=O) groups is 1. The van der Waals surface area contributed by atoms with E-state index in [-0.39, 0.29) is 17.4 Å². The zero-order valence-corrected chi connectivity index (χ0v) is 18.0. The highest BCUT2D eigenvalue weighted by Crippen LogP contribution is 2.35. The third kappa shape index (κ3) is 5.63. The van der Waals surface area contributed by atoms with E-state index in [1.165, 1.54) is 18.2 Å². The maximum Gasteiger partial charge on any atom is 0.266 e. The number of amides is 1. The van der Waals surface area contributed by atoms with Crippen molar-refractivity contribution in [3.63, 3.8) is 0 Å². The fourth-order valence-electron chi connectivity index (χ4n) is 2.28. The van der Waals surface area contributed by atoms with E-state index < -0.39 is 5.91 Å². The number of anilines is 1. The molecule has 6 nitrogen and oxygen atoms in total. The van der Waals surface area contributed by atoms with E-state index >= 15 is 0 Å². The van der Waals surface area contributed by atoms with Crippen LogP contribution in [0.1, 0.15) is 25.8 Å². The molecule has 0 saturated heterocycles. The molecule has 28 heavy (non-hydrogen) atoms. The molecule has 2 rings (SSSR count). The highest BCUT2D eigenvalue weighted by molar-refractivity contribution is 14.1. The summed E-state index contributed by atoms with van der Waals surface area (Å²) >= 11 is 2.14. The lowest BCUT2D eigenvalue weighted by Gasteiger charge is -2.17. The molecule has 1 atom stereocenters. The second-order valence-electron chi connectivity index (χ2n) is 6.04. The summed E-state index contributed by atoms with van der Waals surface area (Å²) in [4.78, 5) is 12.4. The van der Waals surface area contributed by atoms with Gasteiger partial charge in [0.1, 0.15) is 17.4 Å². The highest BCUT2D eigenvalue weighted by atomic mass is 127. The van der Waals surface area contributed by atoms with Gasteiger partial charge in [0.25, 0.3) is 5.91 Å². The Balaban J connectivity index is 2.30. The monoisotopic (exact) mass is 492 g/mol. The lowest BCUT2D eigenvalue weighted by atomic mass is 10.1. The number of aromatic hydroxyl groups is 1. The van der Waals surface area contributed by atoms with Crippen molar-refractivity contribution in [3.8, 4) is 23.3 Å². The van der Waals surface area contributed by atoms with E-state index in [4.69, 9.17) is 9.47 Å². The van der Waals surface area contributed by atoms with Crippen LogP contribution in [0.25, 0.3) is 6.08 Å². The number of phenols is 1. The van der Waals surface area contributed by atoms with Gasteiger partial charge in [0.15, 0.2) is 11.5 Å². The Bertz CT molecular complexity index is 917. The summed E-state index contributed by atoms with van der Waals surface area (Å²) in [6.45, 7) is 4.01. The first-order valence-corrected chi connectivity index (χ1v) is 9.72. The first-order valence-electron chi connectivity index (χ1n) is 8.64. The fraction of sp³-hybridized carbons (Fsp3) is 0.238. The Morgan fingerprint density at radius 2 is 2.04 bits per heavy atom. The average molecular weight is 492 g/mol. The molecule has 0 aliphatic heterocycles. The van der Waals surface area contributed by atoms with Crippen molar-refractivity contribution in [2.45, 2.75) is 26.4 Å². The molecule has 0 heterocycles. The van der Waals surface area contributed by atoms with Gasteiger partial charge in [-0.05, 0) is 84.0 Å². The molecule has 2 aromatic rings. The largest absolute Gasteiger partial charge is 0.508 e. The van der Waals surface area contributed by atoms with Crippen LogP contribution in [0.5, 0.6) is 17.2 Å². The van der Waals surface area contributed by atoms with E-state index in [1.807, 2.05) is 26.0 Å². The van der Waals surface area contributed by atoms with Gasteiger partial charge >= 0.3 is 0 Å². The summed E-state index contributed by atoms with van der Waals surface area (Å²) in [6.07, 6.45) is 2.39. The Hall–Kier alpha value is -2.73. The number of methoxy groups -OCH3 is 1. The Kier molecular flexibility index (Phi) is 7.70. The number of nitriles is 1. The zero-order chi connectivity index (χ0) is 20.7. The normalized spacial score (nSPS) is 12.0. The van der Waals surface area contributed by atoms with Crippen LogP contribution in [0, 0.1) is 14.9 Å². The molecular weight excluding hydrogens is 471 g/mol. The summed E-state index contributed by atoms with van der Waals surface area (Å²) in [6, 6.07) is 11.5. The molecule has 0 bridgehead atoms. The number of nitrogens with one attached hydrogen (secondary N) is 1. The molecule has 0 radical (unpaired) electrons. The minimum Gasteiger partial charge on any atom is -0.508 e. The molecule has 0 aliphatic carbocycles. The summed E-state index contributed by atoms with van der Waals surface area (Å²) in [5.41, 5.74) is 1.07. The predicted octanol–water partition coefficient (Wildman–Crippen LogP) is 4.73. The predicted molar refractivity (Wildman–Crippen MR) is 116 cm³/mol. The minimum absolute atomic E-state index is 0.0366. The molecule has 0 aliphatic rings. The maximum absolute atomic E-state index is 12.4. The van der Waals surface area contributed by atoms with Gasteiger partial charge in [0.05, 0.1) is 16.8 Å². The number of carbonyl (C=O) groups excluding carboxylic acids is 1. The molecule has 7 heteroatoms. The van der Waals surface area contributed by atoms with Crippen molar-refractivity contribution >= 4 is 40.3 Å². The number of hydrogen-bond donors (Lipinski definition) is 2. The number of halogens is 1. The summed E-state index contributed by atoms with van der Waals surface area (Å²) in [5, 5.41) is 21.3. The van der Waals surface area contributed by atoms with E-state index in [1.54, 1.807) is 25.3 Å². The van der Waals surface area contributed by atoms with Crippen molar-refractivity contribution in [1.82, 2.24) is 0 Å². The molecule has 0 aromatic heterocycles. The van der Waals surface area contributed by atoms with Crippen LogP contribution in [0.2, 0.25) is 0 Å². The first kappa shape index (κ1) is 21.6. The van der Waals surface area contributed by atoms with Gasteiger partial charge in [-0.1, -0.05) is 6.92 Å². The molecule has 0 unspecified atom stereocenters. The van der Waals surface area contributed by atoms with Gasteiger partial charge in [0, 0.05) is 5.69 Å². The molecule has 2 N–H and O–H groups in total.